The first-order chi connectivity index (χ1) is 13.1. The number of hydrogen-bond donors (Lipinski definition) is 2. The number of morpholine rings is 1. The van der Waals surface area contributed by atoms with Crippen LogP contribution < -0.4 is 10.1 Å². The first kappa shape index (κ1) is 19.3. The number of amides is 1. The van der Waals surface area contributed by atoms with Crippen molar-refractivity contribution in [1.82, 2.24) is 15.4 Å². The van der Waals surface area contributed by atoms with Gasteiger partial charge in [0.1, 0.15) is 23.1 Å². The van der Waals surface area contributed by atoms with E-state index in [-0.39, 0.29) is 17.2 Å². The van der Waals surface area contributed by atoms with Gasteiger partial charge < -0.3 is 24.4 Å². The molecule has 146 valence electrons. The second-order valence-corrected chi connectivity index (χ2v) is 6.38. The average molecular weight is 375 g/mol. The molecule has 8 heteroatoms. The number of aliphatic hydroxyl groups is 1. The summed E-state index contributed by atoms with van der Waals surface area (Å²) < 4.78 is 15.7. The molecule has 1 amide bonds. The number of rotatable bonds is 7. The van der Waals surface area contributed by atoms with E-state index in [0.717, 1.165) is 19.6 Å². The lowest BCUT2D eigenvalue weighted by Crippen LogP contribution is -2.41. The number of nitrogens with zero attached hydrogens (tertiary/aromatic N) is 2. The van der Waals surface area contributed by atoms with Crippen molar-refractivity contribution in [2.75, 3.05) is 46.5 Å². The maximum absolute atomic E-state index is 12.8. The van der Waals surface area contributed by atoms with Crippen LogP contribution in [0.4, 0.5) is 0 Å². The van der Waals surface area contributed by atoms with E-state index < -0.39 is 6.10 Å². The molecule has 0 aliphatic carbocycles. The quantitative estimate of drug-likeness (QED) is 0.756. The van der Waals surface area contributed by atoms with Gasteiger partial charge in [0, 0.05) is 31.7 Å². The Bertz CT molecular complexity index is 751. The van der Waals surface area contributed by atoms with Gasteiger partial charge in [0.15, 0.2) is 5.76 Å². The molecule has 1 atom stereocenters. The lowest BCUT2D eigenvalue weighted by molar-refractivity contribution is 0.0383. The molecule has 1 fully saturated rings. The predicted molar refractivity (Wildman–Crippen MR) is 98.7 cm³/mol. The van der Waals surface area contributed by atoms with Gasteiger partial charge in [-0.2, -0.15) is 0 Å². The third-order valence-corrected chi connectivity index (χ3v) is 4.51. The standard InChI is InChI=1S/C19H25N3O5/c1-13(23)18-16(19(24)20-7-8-22-9-11-26-12-10-22)17(21-27-18)14-3-5-15(25-2)6-4-14/h3-6,13,23H,7-12H2,1-2H3,(H,20,24)/t13-/m0/s1. The Balaban J connectivity index is 1.75. The SMILES string of the molecule is COc1ccc(-c2noc([C@H](C)O)c2C(=O)NCCN2CCOCC2)cc1. The molecule has 3 rings (SSSR count). The molecule has 1 saturated heterocycles. The van der Waals surface area contributed by atoms with Crippen molar-refractivity contribution in [3.8, 4) is 17.0 Å². The first-order valence-electron chi connectivity index (χ1n) is 9.00. The first-order valence-corrected chi connectivity index (χ1v) is 9.00. The summed E-state index contributed by atoms with van der Waals surface area (Å²) in [6.07, 6.45) is -0.940. The third-order valence-electron chi connectivity index (χ3n) is 4.51. The van der Waals surface area contributed by atoms with Crippen molar-refractivity contribution >= 4 is 5.91 Å². The van der Waals surface area contributed by atoms with Gasteiger partial charge in [-0.05, 0) is 31.2 Å². The van der Waals surface area contributed by atoms with E-state index in [1.807, 2.05) is 0 Å². The van der Waals surface area contributed by atoms with Crippen molar-refractivity contribution in [1.29, 1.82) is 0 Å². The van der Waals surface area contributed by atoms with E-state index in [1.165, 1.54) is 0 Å². The van der Waals surface area contributed by atoms with Crippen LogP contribution in [0.3, 0.4) is 0 Å². The van der Waals surface area contributed by atoms with E-state index in [1.54, 1.807) is 38.3 Å². The molecular weight excluding hydrogens is 350 g/mol. The summed E-state index contributed by atoms with van der Waals surface area (Å²) in [7, 11) is 1.59. The van der Waals surface area contributed by atoms with Crippen molar-refractivity contribution in [2.45, 2.75) is 13.0 Å². The minimum absolute atomic E-state index is 0.157. The number of hydrogen-bond acceptors (Lipinski definition) is 7. The Hall–Kier alpha value is -2.42. The molecular formula is C19H25N3O5. The molecule has 2 aromatic rings. The lowest BCUT2D eigenvalue weighted by atomic mass is 10.0. The number of nitrogens with one attached hydrogen (secondary N) is 1. The number of methoxy groups -OCH3 is 1. The van der Waals surface area contributed by atoms with E-state index in [2.05, 4.69) is 15.4 Å². The molecule has 0 radical (unpaired) electrons. The Morgan fingerprint density at radius 2 is 2.04 bits per heavy atom. The second-order valence-electron chi connectivity index (χ2n) is 6.38. The number of carbonyl (C=O) groups is 1. The van der Waals surface area contributed by atoms with Crippen LogP contribution in [0.25, 0.3) is 11.3 Å². The van der Waals surface area contributed by atoms with Crippen LogP contribution in [-0.4, -0.2) is 67.6 Å². The van der Waals surface area contributed by atoms with Gasteiger partial charge in [0.2, 0.25) is 0 Å². The zero-order chi connectivity index (χ0) is 19.2. The van der Waals surface area contributed by atoms with E-state index in [9.17, 15) is 9.90 Å². The van der Waals surface area contributed by atoms with Gasteiger partial charge >= 0.3 is 0 Å². The van der Waals surface area contributed by atoms with Crippen LogP contribution >= 0.6 is 0 Å². The largest absolute Gasteiger partial charge is 0.497 e. The number of aliphatic hydroxyl groups excluding tert-OH is 1. The molecule has 2 N–H and O–H groups in total. The summed E-state index contributed by atoms with van der Waals surface area (Å²) in [5.41, 5.74) is 1.37. The van der Waals surface area contributed by atoms with Gasteiger partial charge in [0.05, 0.1) is 20.3 Å². The fraction of sp³-hybridized carbons (Fsp3) is 0.474. The Morgan fingerprint density at radius 3 is 2.67 bits per heavy atom. The van der Waals surface area contributed by atoms with Crippen molar-refractivity contribution in [3.63, 3.8) is 0 Å². The summed E-state index contributed by atoms with van der Waals surface area (Å²) in [6, 6.07) is 7.17. The number of benzene rings is 1. The Kier molecular flexibility index (Phi) is 6.44. The zero-order valence-corrected chi connectivity index (χ0v) is 15.6. The van der Waals surface area contributed by atoms with Crippen LogP contribution in [0, 0.1) is 0 Å². The highest BCUT2D eigenvalue weighted by Gasteiger charge is 2.26. The maximum Gasteiger partial charge on any atom is 0.257 e. The molecule has 27 heavy (non-hydrogen) atoms. The molecule has 2 heterocycles. The van der Waals surface area contributed by atoms with Gasteiger partial charge in [0.25, 0.3) is 5.91 Å². The third kappa shape index (κ3) is 4.65. The summed E-state index contributed by atoms with van der Waals surface area (Å²) in [6.45, 7) is 5.93. The molecule has 0 spiro atoms. The van der Waals surface area contributed by atoms with Crippen LogP contribution in [0.1, 0.15) is 29.1 Å². The highest BCUT2D eigenvalue weighted by molar-refractivity contribution is 6.01. The minimum atomic E-state index is -0.940. The van der Waals surface area contributed by atoms with Crippen molar-refractivity contribution < 1.29 is 23.9 Å². The molecule has 1 aliphatic rings. The van der Waals surface area contributed by atoms with Crippen LogP contribution in [0.5, 0.6) is 5.75 Å². The number of ether oxygens (including phenoxy) is 2. The van der Waals surface area contributed by atoms with Crippen LogP contribution in [-0.2, 0) is 4.74 Å². The highest BCUT2D eigenvalue weighted by atomic mass is 16.5. The maximum atomic E-state index is 12.8. The molecule has 0 unspecified atom stereocenters. The smallest absolute Gasteiger partial charge is 0.257 e. The summed E-state index contributed by atoms with van der Waals surface area (Å²) in [5.74, 6) is 0.547. The highest BCUT2D eigenvalue weighted by Crippen LogP contribution is 2.30. The van der Waals surface area contributed by atoms with Gasteiger partial charge in [-0.25, -0.2) is 0 Å². The summed E-state index contributed by atoms with van der Waals surface area (Å²) in [5, 5.41) is 16.9. The predicted octanol–water partition coefficient (Wildman–Crippen LogP) is 1.47. The molecule has 0 bridgehead atoms. The summed E-state index contributed by atoms with van der Waals surface area (Å²) in [4.78, 5) is 15.0. The fourth-order valence-electron chi connectivity index (χ4n) is 2.99. The average Bonchev–Trinajstić information content (AvgIpc) is 3.14. The monoisotopic (exact) mass is 375 g/mol. The van der Waals surface area contributed by atoms with Gasteiger partial charge in [-0.3, -0.25) is 9.69 Å². The molecule has 1 aliphatic heterocycles. The number of aromatic nitrogens is 1. The normalized spacial score (nSPS) is 16.1. The molecule has 1 aromatic carbocycles. The molecule has 8 nitrogen and oxygen atoms in total. The minimum Gasteiger partial charge on any atom is -0.497 e. The number of carbonyl (C=O) groups excluding carboxylic acids is 1. The van der Waals surface area contributed by atoms with E-state index >= 15 is 0 Å². The van der Waals surface area contributed by atoms with Gasteiger partial charge in [-0.15, -0.1) is 0 Å². The van der Waals surface area contributed by atoms with Crippen LogP contribution in [0.2, 0.25) is 0 Å². The topological polar surface area (TPSA) is 97.1 Å². The zero-order valence-electron chi connectivity index (χ0n) is 15.6. The van der Waals surface area contributed by atoms with Crippen LogP contribution in [0.15, 0.2) is 28.8 Å². The Morgan fingerprint density at radius 1 is 1.33 bits per heavy atom. The second kappa shape index (κ2) is 8.98. The fourth-order valence-corrected chi connectivity index (χ4v) is 2.99. The van der Waals surface area contributed by atoms with Gasteiger partial charge in [-0.1, -0.05) is 5.16 Å². The van der Waals surface area contributed by atoms with Crippen molar-refractivity contribution in [3.05, 3.63) is 35.6 Å². The van der Waals surface area contributed by atoms with Crippen molar-refractivity contribution in [2.24, 2.45) is 0 Å². The lowest BCUT2D eigenvalue weighted by Gasteiger charge is -2.26. The molecule has 0 saturated carbocycles. The van der Waals surface area contributed by atoms with E-state index in [4.69, 9.17) is 14.0 Å². The summed E-state index contributed by atoms with van der Waals surface area (Å²) >= 11 is 0. The Labute approximate surface area is 158 Å². The van der Waals surface area contributed by atoms with E-state index in [0.29, 0.717) is 36.8 Å². The molecule has 1 aromatic heterocycles.